The highest BCUT2D eigenvalue weighted by Gasteiger charge is 2.40. The van der Waals surface area contributed by atoms with Crippen LogP contribution in [0.15, 0.2) is 18.2 Å². The lowest BCUT2D eigenvalue weighted by atomic mass is 9.89. The first-order valence-electron chi connectivity index (χ1n) is 7.42. The van der Waals surface area contributed by atoms with E-state index in [9.17, 15) is 13.2 Å². The van der Waals surface area contributed by atoms with Gasteiger partial charge in [-0.1, -0.05) is 18.9 Å². The Kier molecular flexibility index (Phi) is 3.82. The molecule has 6 heteroatoms. The highest BCUT2D eigenvalue weighted by Crippen LogP contribution is 2.40. The van der Waals surface area contributed by atoms with E-state index in [4.69, 9.17) is 4.74 Å². The predicted molar refractivity (Wildman–Crippen MR) is 73.0 cm³/mol. The number of pyridine rings is 1. The van der Waals surface area contributed by atoms with Gasteiger partial charge in [0, 0.05) is 12.6 Å². The topological polar surface area (TPSA) is 34.1 Å². The van der Waals surface area contributed by atoms with Gasteiger partial charge in [0.1, 0.15) is 11.5 Å². The van der Waals surface area contributed by atoms with E-state index < -0.39 is 11.9 Å². The van der Waals surface area contributed by atoms with Crippen LogP contribution in [0.5, 0.6) is 0 Å². The van der Waals surface area contributed by atoms with Gasteiger partial charge in [0.05, 0.1) is 5.60 Å². The fourth-order valence-electron chi connectivity index (χ4n) is 3.40. The molecular formula is C15H19F3N2O. The molecule has 0 aromatic carbocycles. The Morgan fingerprint density at radius 1 is 1.24 bits per heavy atom. The van der Waals surface area contributed by atoms with E-state index >= 15 is 0 Å². The van der Waals surface area contributed by atoms with Gasteiger partial charge in [-0.15, -0.1) is 0 Å². The lowest BCUT2D eigenvalue weighted by Crippen LogP contribution is -2.42. The maximum Gasteiger partial charge on any atom is 0.433 e. The third-order valence-electron chi connectivity index (χ3n) is 4.40. The molecule has 1 saturated carbocycles. The van der Waals surface area contributed by atoms with Gasteiger partial charge >= 0.3 is 6.18 Å². The number of halogens is 3. The number of alkyl halides is 3. The Balaban J connectivity index is 1.69. The van der Waals surface area contributed by atoms with E-state index in [0.29, 0.717) is 12.4 Å². The average Bonchev–Trinajstić information content (AvgIpc) is 2.86. The molecule has 2 heterocycles. The molecule has 2 fully saturated rings. The second kappa shape index (κ2) is 5.48. The van der Waals surface area contributed by atoms with Gasteiger partial charge in [0.2, 0.25) is 0 Å². The van der Waals surface area contributed by atoms with Crippen molar-refractivity contribution in [3.8, 4) is 0 Å². The van der Waals surface area contributed by atoms with Crippen LogP contribution in [0.25, 0.3) is 0 Å². The van der Waals surface area contributed by atoms with Gasteiger partial charge in [0.15, 0.2) is 0 Å². The molecule has 0 radical (unpaired) electrons. The lowest BCUT2D eigenvalue weighted by molar-refractivity contribution is -0.141. The molecule has 116 valence electrons. The second-order valence-corrected chi connectivity index (χ2v) is 5.98. The van der Waals surface area contributed by atoms with Crippen molar-refractivity contribution in [2.75, 3.05) is 11.9 Å². The first kappa shape index (κ1) is 14.6. The van der Waals surface area contributed by atoms with E-state index in [1.165, 1.54) is 18.9 Å². The minimum atomic E-state index is -4.40. The van der Waals surface area contributed by atoms with Crippen LogP contribution in [0, 0.1) is 0 Å². The number of aromatic nitrogens is 1. The molecule has 0 bridgehead atoms. The van der Waals surface area contributed by atoms with Crippen LogP contribution in [0.3, 0.4) is 0 Å². The summed E-state index contributed by atoms with van der Waals surface area (Å²) in [7, 11) is 0. The molecule has 1 spiro atoms. The fourth-order valence-corrected chi connectivity index (χ4v) is 3.40. The number of nitrogens with zero attached hydrogens (tertiary/aromatic N) is 1. The number of anilines is 1. The van der Waals surface area contributed by atoms with Crippen molar-refractivity contribution in [2.24, 2.45) is 0 Å². The van der Waals surface area contributed by atoms with Gasteiger partial charge in [-0.05, 0) is 37.8 Å². The van der Waals surface area contributed by atoms with Crippen LogP contribution in [0.2, 0.25) is 0 Å². The van der Waals surface area contributed by atoms with Crippen molar-refractivity contribution in [3.05, 3.63) is 23.9 Å². The van der Waals surface area contributed by atoms with Crippen molar-refractivity contribution in [1.29, 1.82) is 0 Å². The number of nitrogens with one attached hydrogen (secondary N) is 1. The summed E-state index contributed by atoms with van der Waals surface area (Å²) in [4.78, 5) is 3.68. The predicted octanol–water partition coefficient (Wildman–Crippen LogP) is 4.00. The van der Waals surface area contributed by atoms with Gasteiger partial charge in [-0.3, -0.25) is 0 Å². The standard InChI is InChI=1S/C15H19F3N2O/c16-15(17,18)12-4-3-5-13(20-12)19-11-6-9-21-14(10-11)7-1-2-8-14/h3-5,11H,1-2,6-10H2,(H,19,20). The van der Waals surface area contributed by atoms with Gasteiger partial charge < -0.3 is 10.1 Å². The zero-order chi connectivity index (χ0) is 14.9. The first-order valence-corrected chi connectivity index (χ1v) is 7.42. The van der Waals surface area contributed by atoms with Crippen LogP contribution >= 0.6 is 0 Å². The van der Waals surface area contributed by atoms with Gasteiger partial charge in [-0.2, -0.15) is 13.2 Å². The van der Waals surface area contributed by atoms with E-state index in [0.717, 1.165) is 31.7 Å². The van der Waals surface area contributed by atoms with Crippen LogP contribution in [-0.4, -0.2) is 23.2 Å². The number of hydrogen-bond donors (Lipinski definition) is 1. The zero-order valence-corrected chi connectivity index (χ0v) is 11.7. The highest BCUT2D eigenvalue weighted by molar-refractivity contribution is 5.37. The molecule has 1 saturated heterocycles. The summed E-state index contributed by atoms with van der Waals surface area (Å²) < 4.78 is 44.0. The maximum atomic E-state index is 12.7. The Morgan fingerprint density at radius 3 is 2.71 bits per heavy atom. The molecule has 1 aliphatic carbocycles. The monoisotopic (exact) mass is 300 g/mol. The largest absolute Gasteiger partial charge is 0.433 e. The molecular weight excluding hydrogens is 281 g/mol. The normalized spacial score (nSPS) is 25.2. The Hall–Kier alpha value is -1.30. The molecule has 1 aliphatic heterocycles. The Bertz CT molecular complexity index is 498. The van der Waals surface area contributed by atoms with E-state index in [1.807, 2.05) is 0 Å². The smallest absolute Gasteiger partial charge is 0.375 e. The molecule has 1 aromatic rings. The van der Waals surface area contributed by atoms with Gasteiger partial charge in [0.25, 0.3) is 0 Å². The summed E-state index contributed by atoms with van der Waals surface area (Å²) in [5.41, 5.74) is -0.910. The number of hydrogen-bond acceptors (Lipinski definition) is 3. The van der Waals surface area contributed by atoms with Crippen molar-refractivity contribution >= 4 is 5.82 Å². The van der Waals surface area contributed by atoms with Crippen molar-refractivity contribution in [2.45, 2.75) is 56.3 Å². The summed E-state index contributed by atoms with van der Waals surface area (Å²) in [5, 5.41) is 3.15. The quantitative estimate of drug-likeness (QED) is 0.896. The third kappa shape index (κ3) is 3.31. The van der Waals surface area contributed by atoms with Gasteiger partial charge in [-0.25, -0.2) is 4.98 Å². The van der Waals surface area contributed by atoms with Crippen LogP contribution in [0.1, 0.15) is 44.2 Å². The van der Waals surface area contributed by atoms with E-state index in [1.54, 1.807) is 6.07 Å². The summed E-state index contributed by atoms with van der Waals surface area (Å²) in [6, 6.07) is 4.11. The van der Waals surface area contributed by atoms with Crippen molar-refractivity contribution in [1.82, 2.24) is 4.98 Å². The number of ether oxygens (including phenoxy) is 1. The van der Waals surface area contributed by atoms with Crippen LogP contribution in [0.4, 0.5) is 19.0 Å². The summed E-state index contributed by atoms with van der Waals surface area (Å²) in [6.07, 6.45) is 1.72. The minimum Gasteiger partial charge on any atom is -0.375 e. The molecule has 3 rings (SSSR count). The van der Waals surface area contributed by atoms with E-state index in [-0.39, 0.29) is 11.6 Å². The third-order valence-corrected chi connectivity index (χ3v) is 4.40. The van der Waals surface area contributed by atoms with Crippen LogP contribution < -0.4 is 5.32 Å². The fraction of sp³-hybridized carbons (Fsp3) is 0.667. The molecule has 1 aromatic heterocycles. The minimum absolute atomic E-state index is 0.0580. The Morgan fingerprint density at radius 2 is 2.00 bits per heavy atom. The van der Waals surface area contributed by atoms with Crippen molar-refractivity contribution in [3.63, 3.8) is 0 Å². The van der Waals surface area contributed by atoms with E-state index in [2.05, 4.69) is 10.3 Å². The molecule has 21 heavy (non-hydrogen) atoms. The molecule has 1 atom stereocenters. The number of rotatable bonds is 2. The Labute approximate surface area is 121 Å². The molecule has 3 nitrogen and oxygen atoms in total. The summed E-state index contributed by atoms with van der Waals surface area (Å²) >= 11 is 0. The summed E-state index contributed by atoms with van der Waals surface area (Å²) in [5.74, 6) is 0.296. The zero-order valence-electron chi connectivity index (χ0n) is 11.7. The lowest BCUT2D eigenvalue weighted by Gasteiger charge is -2.38. The molecule has 1 N–H and O–H groups in total. The van der Waals surface area contributed by atoms with Crippen LogP contribution in [-0.2, 0) is 10.9 Å². The molecule has 2 aliphatic rings. The molecule has 0 amide bonds. The molecule has 1 unspecified atom stereocenters. The average molecular weight is 300 g/mol. The summed E-state index contributed by atoms with van der Waals surface area (Å²) in [6.45, 7) is 0.663. The second-order valence-electron chi connectivity index (χ2n) is 5.98. The first-order chi connectivity index (χ1) is 9.97. The SMILES string of the molecule is FC(F)(F)c1cccc(NC2CCOC3(CCCC3)C2)n1. The van der Waals surface area contributed by atoms with Crippen molar-refractivity contribution < 1.29 is 17.9 Å². The highest BCUT2D eigenvalue weighted by atomic mass is 19.4. The maximum absolute atomic E-state index is 12.7.